The lowest BCUT2D eigenvalue weighted by atomic mass is 10.0. The first kappa shape index (κ1) is 14.9. The van der Waals surface area contributed by atoms with Crippen LogP contribution in [-0.4, -0.2) is 30.4 Å². The lowest BCUT2D eigenvalue weighted by Gasteiger charge is -2.23. The van der Waals surface area contributed by atoms with Crippen LogP contribution < -0.4 is 5.32 Å². The molecular formula is C16H23NO3. The molecule has 0 aromatic heterocycles. The fraction of sp³-hybridized carbons (Fsp3) is 0.562. The number of amides is 1. The third-order valence-electron chi connectivity index (χ3n) is 3.00. The molecule has 1 saturated heterocycles. The molecule has 1 aromatic carbocycles. The maximum absolute atomic E-state index is 11.9. The van der Waals surface area contributed by atoms with Gasteiger partial charge in [-0.3, -0.25) is 0 Å². The molecule has 1 aromatic rings. The van der Waals surface area contributed by atoms with Crippen LogP contribution in [0.5, 0.6) is 0 Å². The summed E-state index contributed by atoms with van der Waals surface area (Å²) < 4.78 is 10.6. The Hall–Kier alpha value is -1.55. The lowest BCUT2D eigenvalue weighted by molar-refractivity contribution is 0.0500. The van der Waals surface area contributed by atoms with Crippen molar-refractivity contribution in [3.05, 3.63) is 35.9 Å². The van der Waals surface area contributed by atoms with Gasteiger partial charge >= 0.3 is 6.09 Å². The monoisotopic (exact) mass is 277 g/mol. The molecule has 0 bridgehead atoms. The number of alkyl carbamates (subject to hydrolysis) is 1. The van der Waals surface area contributed by atoms with Crippen molar-refractivity contribution >= 4 is 6.09 Å². The zero-order valence-corrected chi connectivity index (χ0v) is 12.4. The maximum Gasteiger partial charge on any atom is 0.407 e. The molecule has 2 unspecified atom stereocenters. The fourth-order valence-corrected chi connectivity index (χ4v) is 2.09. The third-order valence-corrected chi connectivity index (χ3v) is 3.00. The van der Waals surface area contributed by atoms with E-state index in [4.69, 9.17) is 9.47 Å². The minimum atomic E-state index is -0.475. The number of ether oxygens (including phenoxy) is 2. The summed E-state index contributed by atoms with van der Waals surface area (Å²) in [4.78, 5) is 11.9. The number of rotatable bonds is 5. The van der Waals surface area contributed by atoms with E-state index in [0.29, 0.717) is 0 Å². The summed E-state index contributed by atoms with van der Waals surface area (Å²) in [6.45, 7) is 6.38. The van der Waals surface area contributed by atoms with Crippen LogP contribution in [-0.2, 0) is 15.9 Å². The Morgan fingerprint density at radius 3 is 2.60 bits per heavy atom. The van der Waals surface area contributed by atoms with Gasteiger partial charge in [0.1, 0.15) is 5.60 Å². The Morgan fingerprint density at radius 2 is 2.05 bits per heavy atom. The minimum absolute atomic E-state index is 0.0414. The number of carbonyl (C=O) groups is 1. The van der Waals surface area contributed by atoms with Crippen molar-refractivity contribution in [1.29, 1.82) is 0 Å². The molecule has 20 heavy (non-hydrogen) atoms. The topological polar surface area (TPSA) is 50.9 Å². The molecule has 1 aliphatic heterocycles. The molecule has 2 rings (SSSR count). The number of hydrogen-bond donors (Lipinski definition) is 1. The molecule has 4 nitrogen and oxygen atoms in total. The van der Waals surface area contributed by atoms with E-state index < -0.39 is 5.60 Å². The molecular weight excluding hydrogens is 254 g/mol. The van der Waals surface area contributed by atoms with Crippen LogP contribution in [0.1, 0.15) is 32.8 Å². The van der Waals surface area contributed by atoms with E-state index >= 15 is 0 Å². The van der Waals surface area contributed by atoms with E-state index in [2.05, 4.69) is 17.4 Å². The first-order valence-corrected chi connectivity index (χ1v) is 7.07. The van der Waals surface area contributed by atoms with Crippen molar-refractivity contribution in [3.8, 4) is 0 Å². The van der Waals surface area contributed by atoms with E-state index in [1.165, 1.54) is 5.56 Å². The number of hydrogen-bond acceptors (Lipinski definition) is 3. The van der Waals surface area contributed by atoms with Crippen LogP contribution in [0.2, 0.25) is 0 Å². The summed E-state index contributed by atoms with van der Waals surface area (Å²) in [5, 5.41) is 2.95. The molecule has 1 N–H and O–H groups in total. The van der Waals surface area contributed by atoms with Crippen molar-refractivity contribution in [2.24, 2.45) is 0 Å². The molecule has 4 heteroatoms. The number of carbonyl (C=O) groups excluding carboxylic acids is 1. The van der Waals surface area contributed by atoms with Crippen molar-refractivity contribution in [2.45, 2.75) is 51.4 Å². The smallest absolute Gasteiger partial charge is 0.407 e. The highest BCUT2D eigenvalue weighted by molar-refractivity contribution is 5.68. The van der Waals surface area contributed by atoms with Gasteiger partial charge in [0.25, 0.3) is 0 Å². The Labute approximate surface area is 120 Å². The van der Waals surface area contributed by atoms with Gasteiger partial charge in [-0.05, 0) is 39.2 Å². The Morgan fingerprint density at radius 1 is 1.40 bits per heavy atom. The van der Waals surface area contributed by atoms with Crippen LogP contribution in [0.4, 0.5) is 4.79 Å². The van der Waals surface area contributed by atoms with Gasteiger partial charge < -0.3 is 14.8 Å². The van der Waals surface area contributed by atoms with Crippen molar-refractivity contribution in [2.75, 3.05) is 6.61 Å². The summed E-state index contributed by atoms with van der Waals surface area (Å²) in [6.07, 6.45) is 1.53. The van der Waals surface area contributed by atoms with Crippen LogP contribution >= 0.6 is 0 Å². The molecule has 1 aliphatic rings. The van der Waals surface area contributed by atoms with Crippen LogP contribution in [0.3, 0.4) is 0 Å². The summed E-state index contributed by atoms with van der Waals surface area (Å²) >= 11 is 0. The molecule has 1 fully saturated rings. The van der Waals surface area contributed by atoms with Crippen LogP contribution in [0.25, 0.3) is 0 Å². The van der Waals surface area contributed by atoms with E-state index in [1.54, 1.807) is 0 Å². The molecule has 1 amide bonds. The predicted molar refractivity (Wildman–Crippen MR) is 77.7 cm³/mol. The highest BCUT2D eigenvalue weighted by atomic mass is 16.6. The summed E-state index contributed by atoms with van der Waals surface area (Å²) in [6, 6.07) is 10.2. The van der Waals surface area contributed by atoms with Gasteiger partial charge in [0.15, 0.2) is 0 Å². The highest BCUT2D eigenvalue weighted by Gasteiger charge is 2.28. The standard InChI is InChI=1S/C16H23NO3/c1-16(2,3)20-15(18)17-13(10-14-11-19-14)9-12-7-5-4-6-8-12/h4-8,13-14H,9-11H2,1-3H3,(H,17,18). The first-order chi connectivity index (χ1) is 9.42. The highest BCUT2D eigenvalue weighted by Crippen LogP contribution is 2.18. The number of epoxide rings is 1. The zero-order valence-electron chi connectivity index (χ0n) is 12.4. The first-order valence-electron chi connectivity index (χ1n) is 7.07. The van der Waals surface area contributed by atoms with E-state index in [-0.39, 0.29) is 18.2 Å². The second kappa shape index (κ2) is 6.27. The minimum Gasteiger partial charge on any atom is -0.444 e. The second-order valence-corrected chi connectivity index (χ2v) is 6.22. The van der Waals surface area contributed by atoms with E-state index in [0.717, 1.165) is 19.4 Å². The quantitative estimate of drug-likeness (QED) is 0.842. The van der Waals surface area contributed by atoms with Gasteiger partial charge in [-0.1, -0.05) is 30.3 Å². The Kier molecular flexibility index (Phi) is 4.65. The van der Waals surface area contributed by atoms with E-state index in [1.807, 2.05) is 39.0 Å². The van der Waals surface area contributed by atoms with Gasteiger partial charge in [-0.2, -0.15) is 0 Å². The predicted octanol–water partition coefficient (Wildman–Crippen LogP) is 2.91. The molecule has 1 heterocycles. The van der Waals surface area contributed by atoms with Crippen LogP contribution in [0.15, 0.2) is 30.3 Å². The third kappa shape index (κ3) is 5.61. The molecule has 0 spiro atoms. The average molecular weight is 277 g/mol. The molecule has 0 saturated carbocycles. The van der Waals surface area contributed by atoms with Crippen molar-refractivity contribution < 1.29 is 14.3 Å². The van der Waals surface area contributed by atoms with Gasteiger partial charge in [-0.15, -0.1) is 0 Å². The van der Waals surface area contributed by atoms with Crippen molar-refractivity contribution in [3.63, 3.8) is 0 Å². The van der Waals surface area contributed by atoms with Gasteiger partial charge in [0.05, 0.1) is 12.7 Å². The molecule has 0 radical (unpaired) electrons. The lowest BCUT2D eigenvalue weighted by Crippen LogP contribution is -2.41. The van der Waals surface area contributed by atoms with Gasteiger partial charge in [0.2, 0.25) is 0 Å². The molecule has 0 aliphatic carbocycles. The fourth-order valence-electron chi connectivity index (χ4n) is 2.09. The second-order valence-electron chi connectivity index (χ2n) is 6.22. The van der Waals surface area contributed by atoms with Crippen molar-refractivity contribution in [1.82, 2.24) is 5.32 Å². The Balaban J connectivity index is 1.91. The summed E-state index contributed by atoms with van der Waals surface area (Å²) in [5.74, 6) is 0. The number of benzene rings is 1. The number of nitrogens with one attached hydrogen (secondary N) is 1. The van der Waals surface area contributed by atoms with Gasteiger partial charge in [-0.25, -0.2) is 4.79 Å². The largest absolute Gasteiger partial charge is 0.444 e. The zero-order chi connectivity index (χ0) is 14.6. The SMILES string of the molecule is CC(C)(C)OC(=O)NC(Cc1ccccc1)CC1CO1. The van der Waals surface area contributed by atoms with Crippen LogP contribution in [0, 0.1) is 0 Å². The molecule has 110 valence electrons. The van der Waals surface area contributed by atoms with Gasteiger partial charge in [0, 0.05) is 6.04 Å². The average Bonchev–Trinajstić information content (AvgIpc) is 3.11. The van der Waals surface area contributed by atoms with E-state index in [9.17, 15) is 4.79 Å². The summed E-state index contributed by atoms with van der Waals surface area (Å²) in [7, 11) is 0. The normalized spacial score (nSPS) is 19.2. The summed E-state index contributed by atoms with van der Waals surface area (Å²) in [5.41, 5.74) is 0.728. The Bertz CT molecular complexity index is 435. The maximum atomic E-state index is 11.9. The molecule has 2 atom stereocenters.